The number of pyridine rings is 1. The molecule has 3 nitrogen and oxygen atoms in total. The Morgan fingerprint density at radius 3 is 2.94 bits per heavy atom. The fourth-order valence-corrected chi connectivity index (χ4v) is 2.77. The molecular formula is C14H13N3S. The van der Waals surface area contributed by atoms with Crippen molar-refractivity contribution in [2.24, 2.45) is 5.73 Å². The van der Waals surface area contributed by atoms with E-state index in [1.54, 1.807) is 11.3 Å². The Balaban J connectivity index is 1.98. The number of fused-ring (bicyclic) bond motifs is 1. The fraction of sp³-hybridized carbons (Fsp3) is 0.143. The molecule has 1 atom stereocenters. The number of rotatable bonds is 3. The first-order valence-electron chi connectivity index (χ1n) is 5.81. The molecule has 2 heterocycles. The number of hydrogen-bond acceptors (Lipinski definition) is 4. The van der Waals surface area contributed by atoms with Crippen molar-refractivity contribution in [2.75, 3.05) is 0 Å². The Bertz CT molecular complexity index is 644. The van der Waals surface area contributed by atoms with Gasteiger partial charge in [0.15, 0.2) is 0 Å². The van der Waals surface area contributed by atoms with Gasteiger partial charge in [-0.05, 0) is 17.7 Å². The van der Waals surface area contributed by atoms with Gasteiger partial charge in [-0.1, -0.05) is 18.2 Å². The highest BCUT2D eigenvalue weighted by Gasteiger charge is 2.11. The van der Waals surface area contributed by atoms with Gasteiger partial charge in [0.05, 0.1) is 11.0 Å². The molecule has 0 aliphatic carbocycles. The second kappa shape index (κ2) is 4.84. The smallest absolute Gasteiger partial charge is 0.0794 e. The number of aromatic nitrogens is 2. The van der Waals surface area contributed by atoms with Crippen LogP contribution in [0.4, 0.5) is 0 Å². The molecule has 2 aromatic heterocycles. The molecule has 90 valence electrons. The van der Waals surface area contributed by atoms with E-state index in [4.69, 9.17) is 5.73 Å². The van der Waals surface area contributed by atoms with Gasteiger partial charge in [-0.2, -0.15) is 0 Å². The van der Waals surface area contributed by atoms with E-state index in [9.17, 15) is 0 Å². The molecule has 0 fully saturated rings. The van der Waals surface area contributed by atoms with E-state index in [2.05, 4.69) is 16.0 Å². The van der Waals surface area contributed by atoms with Crippen LogP contribution < -0.4 is 5.73 Å². The third-order valence-electron chi connectivity index (χ3n) is 2.99. The molecule has 1 aromatic carbocycles. The fourth-order valence-electron chi connectivity index (χ4n) is 2.11. The monoisotopic (exact) mass is 255 g/mol. The van der Waals surface area contributed by atoms with Crippen molar-refractivity contribution in [2.45, 2.75) is 12.5 Å². The summed E-state index contributed by atoms with van der Waals surface area (Å²) in [4.78, 5) is 9.65. The van der Waals surface area contributed by atoms with E-state index in [0.29, 0.717) is 0 Å². The molecule has 1 unspecified atom stereocenters. The molecular weight excluding hydrogens is 242 g/mol. The summed E-state index contributed by atoms with van der Waals surface area (Å²) in [5, 5.41) is 1.14. The Morgan fingerprint density at radius 2 is 2.11 bits per heavy atom. The SMILES string of the molecule is NC(Cc1cncs1)c1ccnc2ccccc12. The van der Waals surface area contributed by atoms with Gasteiger partial charge in [-0.15, -0.1) is 11.3 Å². The molecule has 0 amide bonds. The average Bonchev–Trinajstić information content (AvgIpc) is 2.91. The number of nitrogens with zero attached hydrogens (tertiary/aromatic N) is 2. The highest BCUT2D eigenvalue weighted by atomic mass is 32.1. The second-order valence-electron chi connectivity index (χ2n) is 4.20. The summed E-state index contributed by atoms with van der Waals surface area (Å²) >= 11 is 1.64. The van der Waals surface area contributed by atoms with E-state index in [1.807, 2.05) is 42.2 Å². The minimum absolute atomic E-state index is 0.0154. The van der Waals surface area contributed by atoms with Gasteiger partial charge in [0.1, 0.15) is 0 Å². The molecule has 18 heavy (non-hydrogen) atoms. The molecule has 0 saturated carbocycles. The number of hydrogen-bond donors (Lipinski definition) is 1. The molecule has 4 heteroatoms. The van der Waals surface area contributed by atoms with Crippen LogP contribution in [-0.2, 0) is 6.42 Å². The maximum atomic E-state index is 6.30. The number of para-hydroxylation sites is 1. The third-order valence-corrected chi connectivity index (χ3v) is 3.79. The van der Waals surface area contributed by atoms with E-state index < -0.39 is 0 Å². The summed E-state index contributed by atoms with van der Waals surface area (Å²) in [7, 11) is 0. The maximum Gasteiger partial charge on any atom is 0.0794 e. The van der Waals surface area contributed by atoms with Gasteiger partial charge in [0.25, 0.3) is 0 Å². The lowest BCUT2D eigenvalue weighted by molar-refractivity contribution is 0.734. The lowest BCUT2D eigenvalue weighted by atomic mass is 10.00. The van der Waals surface area contributed by atoms with Crippen molar-refractivity contribution < 1.29 is 0 Å². The van der Waals surface area contributed by atoms with E-state index in [-0.39, 0.29) is 6.04 Å². The summed E-state index contributed by atoms with van der Waals surface area (Å²) < 4.78 is 0. The van der Waals surface area contributed by atoms with Crippen molar-refractivity contribution >= 4 is 22.2 Å². The van der Waals surface area contributed by atoms with Crippen LogP contribution in [0.1, 0.15) is 16.5 Å². The van der Waals surface area contributed by atoms with Crippen molar-refractivity contribution in [1.29, 1.82) is 0 Å². The Morgan fingerprint density at radius 1 is 1.22 bits per heavy atom. The number of nitrogens with two attached hydrogens (primary N) is 1. The van der Waals surface area contributed by atoms with Crippen LogP contribution in [0.5, 0.6) is 0 Å². The van der Waals surface area contributed by atoms with Crippen LogP contribution in [-0.4, -0.2) is 9.97 Å². The zero-order valence-corrected chi connectivity index (χ0v) is 10.6. The van der Waals surface area contributed by atoms with Crippen LogP contribution >= 0.6 is 11.3 Å². The largest absolute Gasteiger partial charge is 0.324 e. The molecule has 2 N–H and O–H groups in total. The van der Waals surface area contributed by atoms with Crippen LogP contribution in [0.15, 0.2) is 48.2 Å². The summed E-state index contributed by atoms with van der Waals surface area (Å²) in [6.45, 7) is 0. The standard InChI is InChI=1S/C14H13N3S/c15-13(7-10-8-16-9-18-10)11-5-6-17-14-4-2-1-3-12(11)14/h1-6,8-9,13H,7,15H2. The molecule has 0 aliphatic heterocycles. The van der Waals surface area contributed by atoms with Crippen molar-refractivity contribution in [3.05, 3.63) is 58.7 Å². The molecule has 0 bridgehead atoms. The molecule has 0 aliphatic rings. The highest BCUT2D eigenvalue weighted by molar-refractivity contribution is 7.09. The quantitative estimate of drug-likeness (QED) is 0.783. The molecule has 3 rings (SSSR count). The van der Waals surface area contributed by atoms with Gasteiger partial charge in [0, 0.05) is 35.1 Å². The highest BCUT2D eigenvalue weighted by Crippen LogP contribution is 2.24. The minimum Gasteiger partial charge on any atom is -0.324 e. The summed E-state index contributed by atoms with van der Waals surface area (Å²) in [6, 6.07) is 10.1. The second-order valence-corrected chi connectivity index (χ2v) is 5.17. The molecule has 3 aromatic rings. The van der Waals surface area contributed by atoms with E-state index in [1.165, 1.54) is 4.88 Å². The van der Waals surface area contributed by atoms with Crippen LogP contribution in [0.25, 0.3) is 10.9 Å². The van der Waals surface area contributed by atoms with Crippen LogP contribution in [0, 0.1) is 0 Å². The summed E-state index contributed by atoms with van der Waals surface area (Å²) in [6.07, 6.45) is 4.52. The van der Waals surface area contributed by atoms with E-state index >= 15 is 0 Å². The van der Waals surface area contributed by atoms with Gasteiger partial charge in [-0.25, -0.2) is 0 Å². The first-order valence-corrected chi connectivity index (χ1v) is 6.69. The molecule has 0 saturated heterocycles. The normalized spacial score (nSPS) is 12.7. The lowest BCUT2D eigenvalue weighted by Gasteiger charge is -2.13. The zero-order chi connectivity index (χ0) is 12.4. The first kappa shape index (κ1) is 11.3. The molecule has 0 spiro atoms. The van der Waals surface area contributed by atoms with Gasteiger partial charge in [-0.3, -0.25) is 9.97 Å². The predicted molar refractivity (Wildman–Crippen MR) is 74.5 cm³/mol. The predicted octanol–water partition coefficient (Wildman–Crippen LogP) is 2.93. The lowest BCUT2D eigenvalue weighted by Crippen LogP contribution is -2.13. The molecule has 0 radical (unpaired) electrons. The van der Waals surface area contributed by atoms with Gasteiger partial charge >= 0.3 is 0 Å². The Kier molecular flexibility index (Phi) is 3.04. The maximum absolute atomic E-state index is 6.30. The van der Waals surface area contributed by atoms with E-state index in [0.717, 1.165) is 22.9 Å². The summed E-state index contributed by atoms with van der Waals surface area (Å²) in [5.74, 6) is 0. The zero-order valence-electron chi connectivity index (χ0n) is 9.78. The van der Waals surface area contributed by atoms with Crippen molar-refractivity contribution in [3.63, 3.8) is 0 Å². The average molecular weight is 255 g/mol. The van der Waals surface area contributed by atoms with Gasteiger partial charge in [0.2, 0.25) is 0 Å². The van der Waals surface area contributed by atoms with Crippen LogP contribution in [0.2, 0.25) is 0 Å². The summed E-state index contributed by atoms with van der Waals surface area (Å²) in [5.41, 5.74) is 10.3. The Hall–Kier alpha value is -1.78. The van der Waals surface area contributed by atoms with Crippen LogP contribution in [0.3, 0.4) is 0 Å². The minimum atomic E-state index is -0.0154. The first-order chi connectivity index (χ1) is 8.84. The number of thiazole rings is 1. The Labute approximate surface area is 109 Å². The topological polar surface area (TPSA) is 51.8 Å². The third kappa shape index (κ3) is 2.12. The van der Waals surface area contributed by atoms with Crippen molar-refractivity contribution in [1.82, 2.24) is 9.97 Å². The number of benzene rings is 1. The van der Waals surface area contributed by atoms with Gasteiger partial charge < -0.3 is 5.73 Å². The van der Waals surface area contributed by atoms with Crippen molar-refractivity contribution in [3.8, 4) is 0 Å².